The number of benzene rings is 2. The molecule has 0 saturated carbocycles. The van der Waals surface area contributed by atoms with E-state index in [2.05, 4.69) is 26.0 Å². The van der Waals surface area contributed by atoms with Gasteiger partial charge in [0.1, 0.15) is 0 Å². The quantitative estimate of drug-likeness (QED) is 0.827. The van der Waals surface area contributed by atoms with Crippen molar-refractivity contribution in [2.45, 2.75) is 39.3 Å². The van der Waals surface area contributed by atoms with Gasteiger partial charge in [-0.3, -0.25) is 4.79 Å². The molecule has 0 aliphatic rings. The number of rotatable bonds is 6. The molecule has 2 rings (SSSR count). The molecule has 2 N–H and O–H groups in total. The van der Waals surface area contributed by atoms with Gasteiger partial charge in [0.2, 0.25) is 5.91 Å². The first-order valence-corrected chi connectivity index (χ1v) is 7.74. The average molecular weight is 296 g/mol. The molecule has 0 aliphatic heterocycles. The summed E-state index contributed by atoms with van der Waals surface area (Å²) in [6.07, 6.45) is 1.17. The molecule has 0 bridgehead atoms. The molecule has 0 saturated heterocycles. The van der Waals surface area contributed by atoms with E-state index in [1.165, 1.54) is 0 Å². The van der Waals surface area contributed by atoms with Crippen molar-refractivity contribution in [3.05, 3.63) is 65.7 Å². The molecule has 0 aliphatic carbocycles. The lowest BCUT2D eigenvalue weighted by Crippen LogP contribution is -2.36. The van der Waals surface area contributed by atoms with Crippen molar-refractivity contribution in [1.29, 1.82) is 0 Å². The van der Waals surface area contributed by atoms with Gasteiger partial charge in [0.25, 0.3) is 0 Å². The summed E-state index contributed by atoms with van der Waals surface area (Å²) in [5.41, 5.74) is 8.90. The summed E-state index contributed by atoms with van der Waals surface area (Å²) in [6.45, 7) is 4.76. The van der Waals surface area contributed by atoms with E-state index in [-0.39, 0.29) is 11.9 Å². The molecule has 0 spiro atoms. The smallest absolute Gasteiger partial charge is 0.223 e. The number of para-hydroxylation sites is 1. The van der Waals surface area contributed by atoms with E-state index < -0.39 is 0 Å². The lowest BCUT2D eigenvalue weighted by molar-refractivity contribution is -0.133. The Kier molecular flexibility index (Phi) is 5.59. The number of anilines is 1. The molecule has 0 atom stereocenters. The first-order chi connectivity index (χ1) is 10.6. The van der Waals surface area contributed by atoms with Crippen molar-refractivity contribution < 1.29 is 4.79 Å². The fourth-order valence-electron chi connectivity index (χ4n) is 2.49. The minimum absolute atomic E-state index is 0.169. The number of amides is 1. The monoisotopic (exact) mass is 296 g/mol. The third-order valence-electron chi connectivity index (χ3n) is 3.80. The molecule has 116 valence electrons. The van der Waals surface area contributed by atoms with Crippen LogP contribution in [0.2, 0.25) is 0 Å². The van der Waals surface area contributed by atoms with Crippen LogP contribution in [0.15, 0.2) is 54.6 Å². The van der Waals surface area contributed by atoms with E-state index in [1.807, 2.05) is 47.4 Å². The van der Waals surface area contributed by atoms with Gasteiger partial charge in [0.15, 0.2) is 0 Å². The number of carbonyl (C=O) groups excluding carboxylic acids is 1. The van der Waals surface area contributed by atoms with Gasteiger partial charge in [-0.25, -0.2) is 0 Å². The molecular weight excluding hydrogens is 272 g/mol. The van der Waals surface area contributed by atoms with Crippen molar-refractivity contribution in [3.63, 3.8) is 0 Å². The second-order valence-electron chi connectivity index (χ2n) is 5.80. The predicted molar refractivity (Wildman–Crippen MR) is 91.3 cm³/mol. The van der Waals surface area contributed by atoms with Gasteiger partial charge in [-0.15, -0.1) is 0 Å². The third kappa shape index (κ3) is 4.35. The topological polar surface area (TPSA) is 46.3 Å². The standard InChI is InChI=1S/C19H24N2O/c1-15(2)21(14-16-8-4-3-5-9-16)19(22)13-12-17-10-6-7-11-18(17)20/h3-11,15H,12-14,20H2,1-2H3. The third-order valence-corrected chi connectivity index (χ3v) is 3.80. The number of nitrogen functional groups attached to an aromatic ring is 1. The molecule has 2 aromatic rings. The zero-order chi connectivity index (χ0) is 15.9. The number of hydrogen-bond donors (Lipinski definition) is 1. The van der Waals surface area contributed by atoms with Gasteiger partial charge in [0, 0.05) is 24.7 Å². The molecule has 0 unspecified atom stereocenters. The first kappa shape index (κ1) is 16.1. The Hall–Kier alpha value is -2.29. The van der Waals surface area contributed by atoms with Crippen molar-refractivity contribution >= 4 is 11.6 Å². The molecule has 1 amide bonds. The molecule has 3 heteroatoms. The van der Waals surface area contributed by atoms with Crippen molar-refractivity contribution in [2.75, 3.05) is 5.73 Å². The Morgan fingerprint density at radius 1 is 1.05 bits per heavy atom. The highest BCUT2D eigenvalue weighted by atomic mass is 16.2. The maximum absolute atomic E-state index is 12.6. The van der Waals surface area contributed by atoms with Gasteiger partial charge in [-0.05, 0) is 37.5 Å². The molecule has 0 aromatic heterocycles. The van der Waals surface area contributed by atoms with Gasteiger partial charge < -0.3 is 10.6 Å². The number of nitrogens with two attached hydrogens (primary N) is 1. The largest absolute Gasteiger partial charge is 0.399 e. The second-order valence-corrected chi connectivity index (χ2v) is 5.80. The Labute approximate surface area is 132 Å². The molecule has 3 nitrogen and oxygen atoms in total. The number of carbonyl (C=O) groups is 1. The van der Waals surface area contributed by atoms with Crippen LogP contribution in [0.1, 0.15) is 31.4 Å². The lowest BCUT2D eigenvalue weighted by atomic mass is 10.1. The molecule has 0 heterocycles. The number of hydrogen-bond acceptors (Lipinski definition) is 2. The Morgan fingerprint density at radius 3 is 2.32 bits per heavy atom. The molecule has 2 aromatic carbocycles. The van der Waals surface area contributed by atoms with E-state index >= 15 is 0 Å². The van der Waals surface area contributed by atoms with Crippen LogP contribution in [-0.2, 0) is 17.8 Å². The van der Waals surface area contributed by atoms with Gasteiger partial charge in [-0.1, -0.05) is 48.5 Å². The Bertz CT molecular complexity index is 608. The van der Waals surface area contributed by atoms with E-state index in [4.69, 9.17) is 5.73 Å². The van der Waals surface area contributed by atoms with E-state index in [9.17, 15) is 4.79 Å². The van der Waals surface area contributed by atoms with Gasteiger partial charge in [0.05, 0.1) is 0 Å². The summed E-state index contributed by atoms with van der Waals surface area (Å²) >= 11 is 0. The summed E-state index contributed by atoms with van der Waals surface area (Å²) in [5, 5.41) is 0. The van der Waals surface area contributed by atoms with Gasteiger partial charge >= 0.3 is 0 Å². The molecule has 0 fully saturated rings. The highest BCUT2D eigenvalue weighted by molar-refractivity contribution is 5.77. The van der Waals surface area contributed by atoms with Crippen LogP contribution in [0.5, 0.6) is 0 Å². The molecule has 0 radical (unpaired) electrons. The maximum atomic E-state index is 12.6. The van der Waals surface area contributed by atoms with E-state index in [0.29, 0.717) is 19.4 Å². The van der Waals surface area contributed by atoms with Crippen LogP contribution in [0.25, 0.3) is 0 Å². The van der Waals surface area contributed by atoms with Crippen molar-refractivity contribution in [3.8, 4) is 0 Å². The summed E-state index contributed by atoms with van der Waals surface area (Å²) < 4.78 is 0. The zero-order valence-electron chi connectivity index (χ0n) is 13.3. The fraction of sp³-hybridized carbons (Fsp3) is 0.316. The average Bonchev–Trinajstić information content (AvgIpc) is 2.52. The molecule has 22 heavy (non-hydrogen) atoms. The maximum Gasteiger partial charge on any atom is 0.223 e. The van der Waals surface area contributed by atoms with Crippen LogP contribution in [0.4, 0.5) is 5.69 Å². The van der Waals surface area contributed by atoms with Crippen LogP contribution in [0, 0.1) is 0 Å². The SMILES string of the molecule is CC(C)N(Cc1ccccc1)C(=O)CCc1ccccc1N. The number of aryl methyl sites for hydroxylation is 1. The minimum Gasteiger partial charge on any atom is -0.399 e. The van der Waals surface area contributed by atoms with Crippen LogP contribution < -0.4 is 5.73 Å². The summed E-state index contributed by atoms with van der Waals surface area (Å²) in [6, 6.07) is 18.0. The first-order valence-electron chi connectivity index (χ1n) is 7.74. The Morgan fingerprint density at radius 2 is 1.68 bits per heavy atom. The van der Waals surface area contributed by atoms with Gasteiger partial charge in [-0.2, -0.15) is 0 Å². The normalized spacial score (nSPS) is 10.7. The molecular formula is C19H24N2O. The summed E-state index contributed by atoms with van der Waals surface area (Å²) in [4.78, 5) is 14.5. The lowest BCUT2D eigenvalue weighted by Gasteiger charge is -2.27. The van der Waals surface area contributed by atoms with Crippen molar-refractivity contribution in [2.24, 2.45) is 0 Å². The highest BCUT2D eigenvalue weighted by Gasteiger charge is 2.17. The van der Waals surface area contributed by atoms with Crippen LogP contribution in [0.3, 0.4) is 0 Å². The minimum atomic E-state index is 0.169. The van der Waals surface area contributed by atoms with E-state index in [1.54, 1.807) is 0 Å². The Balaban J connectivity index is 2.00. The fourth-order valence-corrected chi connectivity index (χ4v) is 2.49. The number of nitrogens with zero attached hydrogens (tertiary/aromatic N) is 1. The zero-order valence-corrected chi connectivity index (χ0v) is 13.3. The highest BCUT2D eigenvalue weighted by Crippen LogP contribution is 2.15. The van der Waals surface area contributed by atoms with Crippen molar-refractivity contribution in [1.82, 2.24) is 4.90 Å². The summed E-state index contributed by atoms with van der Waals surface area (Å²) in [5.74, 6) is 0.169. The second kappa shape index (κ2) is 7.64. The van der Waals surface area contributed by atoms with Crippen LogP contribution >= 0.6 is 0 Å². The van der Waals surface area contributed by atoms with Crippen LogP contribution in [-0.4, -0.2) is 16.8 Å². The van der Waals surface area contributed by atoms with E-state index in [0.717, 1.165) is 16.8 Å². The summed E-state index contributed by atoms with van der Waals surface area (Å²) in [7, 11) is 0. The predicted octanol–water partition coefficient (Wildman–Crippen LogP) is 3.64.